The van der Waals surface area contributed by atoms with Crippen LogP contribution in [0.2, 0.25) is 0 Å². The molecule has 0 unspecified atom stereocenters. The Morgan fingerprint density at radius 1 is 1.38 bits per heavy atom. The number of carbonyl (C=O) groups excluding carboxylic acids is 1. The van der Waals surface area contributed by atoms with Crippen LogP contribution in [0.15, 0.2) is 29.0 Å². The Hall–Kier alpha value is -1.69. The number of halogens is 1. The van der Waals surface area contributed by atoms with Crippen molar-refractivity contribution < 1.29 is 4.79 Å². The molecule has 6 heteroatoms. The molecule has 1 amide bonds. The Labute approximate surface area is 151 Å². The van der Waals surface area contributed by atoms with E-state index in [0.717, 1.165) is 66.5 Å². The van der Waals surface area contributed by atoms with Crippen LogP contribution < -0.4 is 10.2 Å². The summed E-state index contributed by atoms with van der Waals surface area (Å²) in [6.07, 6.45) is 7.57. The molecular formula is C18H23BrN4O. The Balaban J connectivity index is 1.66. The summed E-state index contributed by atoms with van der Waals surface area (Å²) in [6, 6.07) is 4.00. The number of piperidine rings is 1. The molecule has 0 aliphatic carbocycles. The second-order valence-electron chi connectivity index (χ2n) is 6.26. The van der Waals surface area contributed by atoms with Gasteiger partial charge in [-0.3, -0.25) is 14.8 Å². The fourth-order valence-corrected chi connectivity index (χ4v) is 3.48. The number of fused-ring (bicyclic) bond motifs is 1. The van der Waals surface area contributed by atoms with Crippen LogP contribution in [0.3, 0.4) is 0 Å². The third-order valence-corrected chi connectivity index (χ3v) is 4.99. The van der Waals surface area contributed by atoms with Gasteiger partial charge in [0, 0.05) is 42.4 Å². The maximum Gasteiger partial charge on any atom is 0.223 e. The molecule has 0 radical (unpaired) electrons. The van der Waals surface area contributed by atoms with Crippen LogP contribution in [0.4, 0.5) is 5.69 Å². The van der Waals surface area contributed by atoms with Crippen LogP contribution in [-0.2, 0) is 4.79 Å². The molecule has 24 heavy (non-hydrogen) atoms. The van der Waals surface area contributed by atoms with Gasteiger partial charge in [0.15, 0.2) is 0 Å². The van der Waals surface area contributed by atoms with Gasteiger partial charge in [0.05, 0.1) is 11.2 Å². The van der Waals surface area contributed by atoms with Crippen LogP contribution in [0.1, 0.15) is 32.6 Å². The van der Waals surface area contributed by atoms with Gasteiger partial charge in [-0.05, 0) is 47.3 Å². The van der Waals surface area contributed by atoms with Crippen LogP contribution in [0, 0.1) is 5.92 Å². The van der Waals surface area contributed by atoms with Crippen molar-refractivity contribution in [2.45, 2.75) is 32.6 Å². The lowest BCUT2D eigenvalue weighted by atomic mass is 9.95. The van der Waals surface area contributed by atoms with E-state index in [-0.39, 0.29) is 11.8 Å². The third kappa shape index (κ3) is 3.86. The minimum absolute atomic E-state index is 0.133. The molecule has 1 aliphatic rings. The van der Waals surface area contributed by atoms with E-state index in [9.17, 15) is 4.79 Å². The highest BCUT2D eigenvalue weighted by Crippen LogP contribution is 2.29. The zero-order valence-electron chi connectivity index (χ0n) is 14.0. The predicted molar refractivity (Wildman–Crippen MR) is 100 cm³/mol. The number of anilines is 1. The van der Waals surface area contributed by atoms with E-state index in [2.05, 4.69) is 43.0 Å². The quantitative estimate of drug-likeness (QED) is 0.793. The highest BCUT2D eigenvalue weighted by Gasteiger charge is 2.25. The number of aromatic nitrogens is 2. The molecule has 0 spiro atoms. The molecule has 0 bridgehead atoms. The average Bonchev–Trinajstić information content (AvgIpc) is 2.61. The Morgan fingerprint density at radius 3 is 2.92 bits per heavy atom. The average molecular weight is 391 g/mol. The van der Waals surface area contributed by atoms with Gasteiger partial charge in [-0.25, -0.2) is 0 Å². The zero-order chi connectivity index (χ0) is 16.9. The normalized spacial score (nSPS) is 15.7. The van der Waals surface area contributed by atoms with Crippen LogP contribution in [-0.4, -0.2) is 35.5 Å². The summed E-state index contributed by atoms with van der Waals surface area (Å²) in [5.74, 6) is 0.345. The fraction of sp³-hybridized carbons (Fsp3) is 0.500. The second kappa shape index (κ2) is 7.92. The van der Waals surface area contributed by atoms with E-state index in [1.165, 1.54) is 0 Å². The van der Waals surface area contributed by atoms with Crippen LogP contribution in [0.25, 0.3) is 11.0 Å². The number of nitrogens with one attached hydrogen (secondary N) is 1. The van der Waals surface area contributed by atoms with Gasteiger partial charge in [0.25, 0.3) is 0 Å². The lowest BCUT2D eigenvalue weighted by Gasteiger charge is -2.33. The number of unbranched alkanes of at least 4 members (excludes halogenated alkanes) is 1. The lowest BCUT2D eigenvalue weighted by Crippen LogP contribution is -2.40. The van der Waals surface area contributed by atoms with Gasteiger partial charge in [-0.15, -0.1) is 0 Å². The Morgan fingerprint density at radius 2 is 2.17 bits per heavy atom. The molecule has 1 N–H and O–H groups in total. The summed E-state index contributed by atoms with van der Waals surface area (Å²) in [4.78, 5) is 23.5. The van der Waals surface area contributed by atoms with Crippen molar-refractivity contribution in [2.24, 2.45) is 5.92 Å². The molecule has 1 aliphatic heterocycles. The van der Waals surface area contributed by atoms with Crippen molar-refractivity contribution in [2.75, 3.05) is 24.5 Å². The summed E-state index contributed by atoms with van der Waals surface area (Å²) in [5.41, 5.74) is 2.92. The van der Waals surface area contributed by atoms with Gasteiger partial charge in [-0.1, -0.05) is 13.3 Å². The highest BCUT2D eigenvalue weighted by molar-refractivity contribution is 9.10. The number of amides is 1. The summed E-state index contributed by atoms with van der Waals surface area (Å²) in [6.45, 7) is 4.69. The Bertz CT molecular complexity index is 713. The molecule has 1 fully saturated rings. The highest BCUT2D eigenvalue weighted by atomic mass is 79.9. The first-order valence-corrected chi connectivity index (χ1v) is 9.41. The van der Waals surface area contributed by atoms with Gasteiger partial charge < -0.3 is 10.2 Å². The van der Waals surface area contributed by atoms with Gasteiger partial charge >= 0.3 is 0 Å². The largest absolute Gasteiger partial charge is 0.370 e. The smallest absolute Gasteiger partial charge is 0.223 e. The number of rotatable bonds is 5. The molecule has 0 atom stereocenters. The first-order chi connectivity index (χ1) is 11.7. The number of hydrogen-bond acceptors (Lipinski definition) is 4. The fourth-order valence-electron chi connectivity index (χ4n) is 3.16. The van der Waals surface area contributed by atoms with Crippen molar-refractivity contribution in [3.63, 3.8) is 0 Å². The number of hydrogen-bond donors (Lipinski definition) is 1. The van der Waals surface area contributed by atoms with E-state index >= 15 is 0 Å². The minimum Gasteiger partial charge on any atom is -0.370 e. The molecule has 3 rings (SSSR count). The second-order valence-corrected chi connectivity index (χ2v) is 7.17. The monoisotopic (exact) mass is 390 g/mol. The van der Waals surface area contributed by atoms with Gasteiger partial charge in [0.1, 0.15) is 5.52 Å². The van der Waals surface area contributed by atoms with Gasteiger partial charge in [0.2, 0.25) is 5.91 Å². The molecule has 2 aromatic rings. The topological polar surface area (TPSA) is 58.1 Å². The van der Waals surface area contributed by atoms with Crippen molar-refractivity contribution in [1.82, 2.24) is 15.3 Å². The van der Waals surface area contributed by atoms with E-state index in [1.54, 1.807) is 6.20 Å². The summed E-state index contributed by atoms with van der Waals surface area (Å²) < 4.78 is 0.933. The molecule has 1 saturated heterocycles. The third-order valence-electron chi connectivity index (χ3n) is 4.56. The van der Waals surface area contributed by atoms with Gasteiger partial charge in [-0.2, -0.15) is 0 Å². The minimum atomic E-state index is 0.133. The van der Waals surface area contributed by atoms with E-state index in [4.69, 9.17) is 0 Å². The zero-order valence-corrected chi connectivity index (χ0v) is 15.6. The standard InChI is InChI=1S/C18H23BrN4O/c1-2-3-7-21-18(24)13-5-9-23(10-6-13)16-4-8-20-15-11-14(19)12-22-17(15)16/h4,8,11-13H,2-3,5-7,9-10H2,1H3,(H,21,24). The molecule has 5 nitrogen and oxygen atoms in total. The Kier molecular flexibility index (Phi) is 5.66. The molecule has 2 aromatic heterocycles. The van der Waals surface area contributed by atoms with E-state index in [1.807, 2.05) is 18.3 Å². The van der Waals surface area contributed by atoms with Crippen molar-refractivity contribution in [3.05, 3.63) is 29.0 Å². The van der Waals surface area contributed by atoms with E-state index < -0.39 is 0 Å². The lowest BCUT2D eigenvalue weighted by molar-refractivity contribution is -0.125. The summed E-state index contributed by atoms with van der Waals surface area (Å²) >= 11 is 3.44. The van der Waals surface area contributed by atoms with Crippen LogP contribution in [0.5, 0.6) is 0 Å². The number of nitrogens with zero attached hydrogens (tertiary/aromatic N) is 3. The number of carbonyl (C=O) groups is 1. The van der Waals surface area contributed by atoms with Crippen molar-refractivity contribution in [1.29, 1.82) is 0 Å². The SMILES string of the molecule is CCCCNC(=O)C1CCN(c2ccnc3cc(Br)cnc23)CC1. The maximum atomic E-state index is 12.2. The molecule has 3 heterocycles. The summed E-state index contributed by atoms with van der Waals surface area (Å²) in [5, 5.41) is 3.06. The predicted octanol–water partition coefficient (Wildman–Crippen LogP) is 3.53. The first kappa shape index (κ1) is 17.1. The van der Waals surface area contributed by atoms with Crippen molar-refractivity contribution >= 4 is 38.6 Å². The molecular weight excluding hydrogens is 368 g/mol. The van der Waals surface area contributed by atoms with E-state index in [0.29, 0.717) is 0 Å². The molecule has 128 valence electrons. The first-order valence-electron chi connectivity index (χ1n) is 8.62. The van der Waals surface area contributed by atoms with Crippen LogP contribution >= 0.6 is 15.9 Å². The summed E-state index contributed by atoms with van der Waals surface area (Å²) in [7, 11) is 0. The molecule has 0 aromatic carbocycles. The van der Waals surface area contributed by atoms with Crippen molar-refractivity contribution in [3.8, 4) is 0 Å². The maximum absolute atomic E-state index is 12.2. The number of pyridine rings is 2. The molecule has 0 saturated carbocycles.